The van der Waals surface area contributed by atoms with Gasteiger partial charge in [-0.05, 0) is 36.4 Å². The van der Waals surface area contributed by atoms with Gasteiger partial charge < -0.3 is 0 Å². The van der Waals surface area contributed by atoms with E-state index in [1.165, 1.54) is 47.7 Å². The van der Waals surface area contributed by atoms with Gasteiger partial charge in [-0.15, -0.1) is 11.3 Å². The fourth-order valence-corrected chi connectivity index (χ4v) is 3.57. The molecule has 10 heteroatoms. The van der Waals surface area contributed by atoms with E-state index in [-0.39, 0.29) is 23.6 Å². The summed E-state index contributed by atoms with van der Waals surface area (Å²) < 4.78 is 22.8. The lowest BCUT2D eigenvalue weighted by atomic mass is 10.2. The zero-order valence-corrected chi connectivity index (χ0v) is 15.6. The van der Waals surface area contributed by atoms with Crippen LogP contribution in [0.15, 0.2) is 60.1 Å². The number of anilines is 1. The molecule has 0 fully saturated rings. The molecule has 0 unspecified atom stereocenters. The number of carbonyl (C=O) groups excluding carboxylic acids is 1. The molecule has 0 aliphatic rings. The van der Waals surface area contributed by atoms with E-state index < -0.39 is 10.8 Å². The molecule has 0 bridgehead atoms. The third-order valence-electron chi connectivity index (χ3n) is 4.14. The maximum atomic E-state index is 13.1. The average molecular weight is 412 g/mol. The highest BCUT2D eigenvalue weighted by Crippen LogP contribution is 2.24. The smallest absolute Gasteiger partial charge is 0.269 e. The van der Waals surface area contributed by atoms with Gasteiger partial charge in [-0.2, -0.15) is 0 Å². The fraction of sp³-hybridized carbons (Fsp3) is 0.0526. The van der Waals surface area contributed by atoms with Crippen molar-refractivity contribution in [3.63, 3.8) is 0 Å². The number of nitrogens with one attached hydrogen (secondary N) is 2. The lowest BCUT2D eigenvalue weighted by molar-refractivity contribution is -0.384. The van der Waals surface area contributed by atoms with Gasteiger partial charge in [0.2, 0.25) is 5.91 Å². The Morgan fingerprint density at radius 3 is 2.66 bits per heavy atom. The van der Waals surface area contributed by atoms with Crippen molar-refractivity contribution in [2.75, 3.05) is 5.42 Å². The summed E-state index contributed by atoms with van der Waals surface area (Å²) in [6, 6.07) is 11.3. The highest BCUT2D eigenvalue weighted by atomic mass is 32.1. The van der Waals surface area contributed by atoms with Crippen molar-refractivity contribution >= 4 is 33.6 Å². The first-order valence-corrected chi connectivity index (χ1v) is 9.33. The Morgan fingerprint density at radius 1 is 1.24 bits per heavy atom. The van der Waals surface area contributed by atoms with Gasteiger partial charge in [0.1, 0.15) is 5.82 Å². The number of hydrazine groups is 1. The maximum Gasteiger partial charge on any atom is 0.269 e. The molecule has 2 aromatic heterocycles. The lowest BCUT2D eigenvalue weighted by Gasteiger charge is -2.08. The van der Waals surface area contributed by atoms with Crippen LogP contribution in [0.5, 0.6) is 0 Å². The maximum absolute atomic E-state index is 13.1. The molecule has 2 aromatic carbocycles. The molecule has 0 radical (unpaired) electrons. The van der Waals surface area contributed by atoms with Crippen LogP contribution >= 0.6 is 11.3 Å². The first-order valence-electron chi connectivity index (χ1n) is 8.90. The summed E-state index contributed by atoms with van der Waals surface area (Å²) >= 11 is 1.37. The van der Waals surface area contributed by atoms with Gasteiger partial charge in [-0.3, -0.25) is 30.2 Å². The minimum atomic E-state index is -0.538. The van der Waals surface area contributed by atoms with Gasteiger partial charge in [0, 0.05) is 35.0 Å². The molecule has 0 aliphatic carbocycles. The molecule has 4 aromatic rings. The van der Waals surface area contributed by atoms with E-state index in [2.05, 4.69) is 10.4 Å². The summed E-state index contributed by atoms with van der Waals surface area (Å²) in [7, 11) is 0. The van der Waals surface area contributed by atoms with Crippen molar-refractivity contribution in [2.24, 2.45) is 0 Å². The number of rotatable bonds is 6. The molecule has 2 heterocycles. The largest absolute Gasteiger partial charge is 0.299 e. The van der Waals surface area contributed by atoms with E-state index in [0.717, 1.165) is 11.0 Å². The molecule has 1 amide bonds. The number of halogens is 1. The Balaban J connectivity index is 1.46. The fourth-order valence-electron chi connectivity index (χ4n) is 2.70. The number of nitro groups is 1. The van der Waals surface area contributed by atoms with Crippen LogP contribution in [0.2, 0.25) is 1.41 Å². The Hall–Kier alpha value is -3.79. The van der Waals surface area contributed by atoms with E-state index in [4.69, 9.17) is 1.41 Å². The van der Waals surface area contributed by atoms with E-state index in [1.807, 2.05) is 0 Å². The van der Waals surface area contributed by atoms with E-state index in [0.29, 0.717) is 16.3 Å². The van der Waals surface area contributed by atoms with Crippen molar-refractivity contribution in [2.45, 2.75) is 6.42 Å². The highest BCUT2D eigenvalue weighted by Gasteiger charge is 2.13. The molecule has 2 N–H and O–H groups in total. The number of aromatic nitrogens is 2. The van der Waals surface area contributed by atoms with Crippen molar-refractivity contribution in [1.82, 2.24) is 14.8 Å². The topological polar surface area (TPSA) is 102 Å². The number of hydrogen-bond acceptors (Lipinski definition) is 6. The van der Waals surface area contributed by atoms with Gasteiger partial charge in [-0.1, -0.05) is 0 Å². The number of non-ortho nitro benzene ring substituents is 1. The quantitative estimate of drug-likeness (QED) is 0.371. The van der Waals surface area contributed by atoms with Gasteiger partial charge in [-0.25, -0.2) is 9.37 Å². The standard InChI is InChI=1S/C19H14FN5O3S/c20-13-3-1-12(2-4-13)17-10-24-16(11-29-19(24)21-17)9-18(26)23-22-14-5-7-15(8-6-14)25(27)28/h1-8,10-11,22H,9H2,(H,23,26)/i/hD. The minimum absolute atomic E-state index is 0.00157. The Bertz CT molecular complexity index is 1220. The molecule has 0 saturated carbocycles. The zero-order chi connectivity index (χ0) is 21.3. The van der Waals surface area contributed by atoms with Gasteiger partial charge in [0.25, 0.3) is 5.69 Å². The summed E-state index contributed by atoms with van der Waals surface area (Å²) in [6.07, 6.45) is 1.78. The molecule has 4 rings (SSSR count). The second kappa shape index (κ2) is 7.68. The van der Waals surface area contributed by atoms with E-state index in [1.54, 1.807) is 28.1 Å². The molecule has 0 atom stereocenters. The predicted molar refractivity (Wildman–Crippen MR) is 107 cm³/mol. The van der Waals surface area contributed by atoms with Crippen molar-refractivity contribution in [1.29, 1.82) is 0 Å². The molecular formula is C19H14FN5O3S. The Morgan fingerprint density at radius 2 is 1.97 bits per heavy atom. The summed E-state index contributed by atoms with van der Waals surface area (Å²) in [5.41, 5.74) is 5.46. The first kappa shape index (κ1) is 17.3. The monoisotopic (exact) mass is 412 g/mol. The van der Waals surface area contributed by atoms with Crippen LogP contribution in [0.25, 0.3) is 16.2 Å². The predicted octanol–water partition coefficient (Wildman–Crippen LogP) is 3.80. The highest BCUT2D eigenvalue weighted by molar-refractivity contribution is 7.15. The summed E-state index contributed by atoms with van der Waals surface area (Å²) in [5.74, 6) is -0.759. The minimum Gasteiger partial charge on any atom is -0.299 e. The normalized spacial score (nSPS) is 11.3. The number of hydrogen-bond donors (Lipinski definition) is 2. The van der Waals surface area contributed by atoms with Crippen LogP contribution in [-0.4, -0.2) is 20.2 Å². The molecular weight excluding hydrogens is 397 g/mol. The second-order valence-electron chi connectivity index (χ2n) is 6.11. The number of amides is 1. The molecule has 0 aliphatic heterocycles. The first-order chi connectivity index (χ1) is 14.4. The molecule has 0 spiro atoms. The second-order valence-corrected chi connectivity index (χ2v) is 6.95. The number of nitrogens with zero attached hydrogens (tertiary/aromatic N) is 3. The number of carbonyl (C=O) groups is 1. The lowest BCUT2D eigenvalue weighted by Crippen LogP contribution is -2.30. The Kier molecular flexibility index (Phi) is 4.59. The number of benzene rings is 2. The van der Waals surface area contributed by atoms with Crippen LogP contribution < -0.4 is 10.8 Å². The number of nitro benzene ring substituents is 1. The Labute approximate surface area is 169 Å². The molecule has 0 saturated heterocycles. The molecule has 146 valence electrons. The number of fused-ring (bicyclic) bond motifs is 1. The van der Waals surface area contributed by atoms with Crippen LogP contribution in [0.3, 0.4) is 0 Å². The van der Waals surface area contributed by atoms with E-state index >= 15 is 0 Å². The SMILES string of the molecule is [2H]N(NC(=O)Cc1csc2nc(-c3ccc(F)cc3)cn12)c1ccc([N+](=O)[O-])cc1. The van der Waals surface area contributed by atoms with Gasteiger partial charge >= 0.3 is 0 Å². The number of thiazole rings is 1. The summed E-state index contributed by atoms with van der Waals surface area (Å²) in [4.78, 5) is 27.7. The van der Waals surface area contributed by atoms with Crippen molar-refractivity contribution < 1.29 is 15.5 Å². The third kappa shape index (κ3) is 4.06. The van der Waals surface area contributed by atoms with Gasteiger partial charge in [0.15, 0.2) is 6.37 Å². The molecule has 29 heavy (non-hydrogen) atoms. The molecule has 8 nitrogen and oxygen atoms in total. The van der Waals surface area contributed by atoms with Crippen LogP contribution in [-0.2, 0) is 11.2 Å². The summed E-state index contributed by atoms with van der Waals surface area (Å²) in [6.45, 7) is 0. The third-order valence-corrected chi connectivity index (χ3v) is 5.02. The zero-order valence-electron chi connectivity index (χ0n) is 15.8. The van der Waals surface area contributed by atoms with Crippen LogP contribution in [0.4, 0.5) is 15.8 Å². The van der Waals surface area contributed by atoms with Crippen molar-refractivity contribution in [3.05, 3.63) is 81.7 Å². The van der Waals surface area contributed by atoms with Gasteiger partial charge in [0.05, 0.1) is 22.7 Å². The average Bonchev–Trinajstić information content (AvgIpc) is 3.30. The number of imidazole rings is 1. The van der Waals surface area contributed by atoms with E-state index in [9.17, 15) is 19.3 Å². The van der Waals surface area contributed by atoms with Crippen molar-refractivity contribution in [3.8, 4) is 11.3 Å². The van der Waals surface area contributed by atoms with Crippen LogP contribution in [0.1, 0.15) is 5.69 Å². The van der Waals surface area contributed by atoms with Crippen LogP contribution in [0, 0.1) is 15.9 Å². The summed E-state index contributed by atoms with van der Waals surface area (Å²) in [5, 5.41) is 12.5.